The summed E-state index contributed by atoms with van der Waals surface area (Å²) in [7, 11) is 1.94. The first-order valence-corrected chi connectivity index (χ1v) is 7.88. The molecule has 2 aromatic carbocycles. The summed E-state index contributed by atoms with van der Waals surface area (Å²) >= 11 is 0. The lowest BCUT2D eigenvalue weighted by atomic mass is 10.1. The smallest absolute Gasteiger partial charge is 0.244 e. The number of benzene rings is 2. The Bertz CT molecular complexity index is 866. The quantitative estimate of drug-likeness (QED) is 0.710. The summed E-state index contributed by atoms with van der Waals surface area (Å²) in [5.41, 5.74) is 2.84. The molecule has 0 saturated heterocycles. The third-order valence-electron chi connectivity index (χ3n) is 3.98. The van der Waals surface area contributed by atoms with Crippen LogP contribution >= 0.6 is 0 Å². The monoisotopic (exact) mass is 320 g/mol. The predicted octanol–water partition coefficient (Wildman–Crippen LogP) is 3.04. The van der Waals surface area contributed by atoms with E-state index < -0.39 is 6.10 Å². The van der Waals surface area contributed by atoms with Crippen LogP contribution in [0.2, 0.25) is 0 Å². The summed E-state index contributed by atoms with van der Waals surface area (Å²) in [5, 5.41) is 14.2. The number of aryl methyl sites for hydroxylation is 1. The van der Waals surface area contributed by atoms with Gasteiger partial charge in [0.1, 0.15) is 0 Å². The summed E-state index contributed by atoms with van der Waals surface area (Å²) in [4.78, 5) is 11.9. The molecule has 4 nitrogen and oxygen atoms in total. The van der Waals surface area contributed by atoms with Crippen molar-refractivity contribution in [3.63, 3.8) is 0 Å². The molecule has 2 N–H and O–H groups in total. The van der Waals surface area contributed by atoms with Crippen molar-refractivity contribution in [2.24, 2.45) is 7.05 Å². The first kappa shape index (κ1) is 16.0. The number of amides is 1. The van der Waals surface area contributed by atoms with Crippen molar-refractivity contribution in [2.75, 3.05) is 6.54 Å². The van der Waals surface area contributed by atoms with E-state index in [1.807, 2.05) is 72.4 Å². The lowest BCUT2D eigenvalue weighted by Crippen LogP contribution is -2.26. The number of carbonyl (C=O) groups excluding carboxylic acids is 1. The van der Waals surface area contributed by atoms with Gasteiger partial charge in [-0.1, -0.05) is 48.5 Å². The first-order valence-electron chi connectivity index (χ1n) is 7.88. The van der Waals surface area contributed by atoms with Crippen LogP contribution < -0.4 is 5.32 Å². The molecule has 0 saturated carbocycles. The number of aliphatic hydroxyl groups is 1. The summed E-state index contributed by atoms with van der Waals surface area (Å²) in [5.74, 6) is -0.224. The van der Waals surface area contributed by atoms with Crippen LogP contribution in [0.4, 0.5) is 0 Å². The summed E-state index contributed by atoms with van der Waals surface area (Å²) < 4.78 is 1.98. The highest BCUT2D eigenvalue weighted by Crippen LogP contribution is 2.25. The van der Waals surface area contributed by atoms with E-state index in [2.05, 4.69) is 5.32 Å². The average molecular weight is 320 g/mol. The van der Waals surface area contributed by atoms with Crippen molar-refractivity contribution in [1.82, 2.24) is 9.88 Å². The van der Waals surface area contributed by atoms with Crippen LogP contribution in [0.15, 0.2) is 66.9 Å². The van der Waals surface area contributed by atoms with E-state index in [4.69, 9.17) is 0 Å². The van der Waals surface area contributed by atoms with Crippen molar-refractivity contribution in [3.05, 3.63) is 78.0 Å². The van der Waals surface area contributed by atoms with E-state index in [-0.39, 0.29) is 12.5 Å². The van der Waals surface area contributed by atoms with Gasteiger partial charge in [-0.15, -0.1) is 0 Å². The van der Waals surface area contributed by atoms with Crippen molar-refractivity contribution in [3.8, 4) is 0 Å². The number of nitrogens with one attached hydrogen (secondary N) is 1. The fraction of sp³-hybridized carbons (Fsp3) is 0.150. The molecule has 1 atom stereocenters. The number of carbonyl (C=O) groups is 1. The van der Waals surface area contributed by atoms with Gasteiger partial charge in [-0.2, -0.15) is 0 Å². The summed E-state index contributed by atoms with van der Waals surface area (Å²) in [6, 6.07) is 17.5. The third-order valence-corrected chi connectivity index (χ3v) is 3.98. The molecule has 4 heteroatoms. The van der Waals surface area contributed by atoms with Crippen molar-refractivity contribution in [1.29, 1.82) is 0 Å². The van der Waals surface area contributed by atoms with E-state index in [1.54, 1.807) is 6.08 Å². The first-order chi connectivity index (χ1) is 11.6. The maximum absolute atomic E-state index is 11.9. The SMILES string of the molecule is Cn1cc([C@@H](O)CNC(=O)/C=C/c2ccccc2)c2ccccc21. The fourth-order valence-corrected chi connectivity index (χ4v) is 2.74. The van der Waals surface area contributed by atoms with Crippen molar-refractivity contribution in [2.45, 2.75) is 6.10 Å². The number of fused-ring (bicyclic) bond motifs is 1. The maximum atomic E-state index is 11.9. The third kappa shape index (κ3) is 3.55. The molecule has 0 radical (unpaired) electrons. The van der Waals surface area contributed by atoms with Crippen LogP contribution in [0.1, 0.15) is 17.2 Å². The van der Waals surface area contributed by atoms with Crippen molar-refractivity contribution >= 4 is 22.9 Å². The molecular weight excluding hydrogens is 300 g/mol. The molecular formula is C20H20N2O2. The molecule has 0 aliphatic heterocycles. The molecule has 0 aliphatic carbocycles. The highest BCUT2D eigenvalue weighted by atomic mass is 16.3. The average Bonchev–Trinajstić information content (AvgIpc) is 2.96. The van der Waals surface area contributed by atoms with Gasteiger partial charge in [0.15, 0.2) is 0 Å². The molecule has 1 aromatic heterocycles. The van der Waals surface area contributed by atoms with Crippen molar-refractivity contribution < 1.29 is 9.90 Å². The van der Waals surface area contributed by atoms with Gasteiger partial charge in [0.25, 0.3) is 0 Å². The lowest BCUT2D eigenvalue weighted by molar-refractivity contribution is -0.116. The number of nitrogens with zero attached hydrogens (tertiary/aromatic N) is 1. The van der Waals surface area contributed by atoms with Crippen LogP contribution in [0, 0.1) is 0 Å². The van der Waals surface area contributed by atoms with E-state index in [9.17, 15) is 9.90 Å². The zero-order valence-electron chi connectivity index (χ0n) is 13.5. The minimum atomic E-state index is -0.745. The van der Waals surface area contributed by atoms with Gasteiger partial charge in [-0.3, -0.25) is 4.79 Å². The Balaban J connectivity index is 1.63. The Labute approximate surface area is 141 Å². The topological polar surface area (TPSA) is 54.3 Å². The van der Waals surface area contributed by atoms with E-state index in [0.29, 0.717) is 0 Å². The van der Waals surface area contributed by atoms with Crippen LogP contribution in [0.25, 0.3) is 17.0 Å². The second-order valence-corrected chi connectivity index (χ2v) is 5.72. The van der Waals surface area contributed by atoms with Gasteiger partial charge < -0.3 is 15.0 Å². The van der Waals surface area contributed by atoms with Gasteiger partial charge in [0.05, 0.1) is 6.10 Å². The molecule has 1 heterocycles. The van der Waals surface area contributed by atoms with Crippen LogP contribution in [0.3, 0.4) is 0 Å². The van der Waals surface area contributed by atoms with Gasteiger partial charge in [-0.25, -0.2) is 0 Å². The van der Waals surface area contributed by atoms with E-state index in [0.717, 1.165) is 22.0 Å². The summed E-state index contributed by atoms with van der Waals surface area (Å²) in [6.45, 7) is 0.173. The zero-order chi connectivity index (χ0) is 16.9. The molecule has 24 heavy (non-hydrogen) atoms. The van der Waals surface area contributed by atoms with E-state index >= 15 is 0 Å². The Morgan fingerprint density at radius 3 is 2.67 bits per heavy atom. The Hall–Kier alpha value is -2.85. The van der Waals surface area contributed by atoms with Gasteiger partial charge in [-0.05, 0) is 17.7 Å². The molecule has 0 unspecified atom stereocenters. The highest BCUT2D eigenvalue weighted by molar-refractivity contribution is 5.91. The van der Waals surface area contributed by atoms with Crippen LogP contribution in [0.5, 0.6) is 0 Å². The normalized spacial score (nSPS) is 12.6. The van der Waals surface area contributed by atoms with Gasteiger partial charge >= 0.3 is 0 Å². The fourth-order valence-electron chi connectivity index (χ4n) is 2.74. The molecule has 3 rings (SSSR count). The molecule has 0 bridgehead atoms. The molecule has 0 spiro atoms. The van der Waals surface area contributed by atoms with E-state index in [1.165, 1.54) is 6.08 Å². The molecule has 122 valence electrons. The lowest BCUT2D eigenvalue weighted by Gasteiger charge is -2.10. The molecule has 0 fully saturated rings. The van der Waals surface area contributed by atoms with Gasteiger partial charge in [0, 0.05) is 42.3 Å². The summed E-state index contributed by atoms with van der Waals surface area (Å²) in [6.07, 6.45) is 4.39. The Kier molecular flexibility index (Phi) is 4.77. The maximum Gasteiger partial charge on any atom is 0.244 e. The number of aliphatic hydroxyl groups excluding tert-OH is 1. The second kappa shape index (κ2) is 7.15. The Morgan fingerprint density at radius 1 is 1.17 bits per heavy atom. The minimum absolute atomic E-state index is 0.173. The molecule has 3 aromatic rings. The standard InChI is InChI=1S/C20H20N2O2/c1-22-14-17(16-9-5-6-10-18(16)22)19(23)13-21-20(24)12-11-15-7-3-2-4-8-15/h2-12,14,19,23H,13H2,1H3,(H,21,24)/b12-11+/t19-/m0/s1. The van der Waals surface area contributed by atoms with Crippen LogP contribution in [-0.4, -0.2) is 22.1 Å². The number of para-hydroxylation sites is 1. The predicted molar refractivity (Wildman–Crippen MR) is 96.4 cm³/mol. The minimum Gasteiger partial charge on any atom is -0.386 e. The zero-order valence-corrected chi connectivity index (χ0v) is 13.5. The Morgan fingerprint density at radius 2 is 1.88 bits per heavy atom. The van der Waals surface area contributed by atoms with Crippen LogP contribution in [-0.2, 0) is 11.8 Å². The highest BCUT2D eigenvalue weighted by Gasteiger charge is 2.14. The van der Waals surface area contributed by atoms with Gasteiger partial charge in [0.2, 0.25) is 5.91 Å². The number of rotatable bonds is 5. The largest absolute Gasteiger partial charge is 0.386 e. The number of aromatic nitrogens is 1. The number of hydrogen-bond acceptors (Lipinski definition) is 2. The number of hydrogen-bond donors (Lipinski definition) is 2. The molecule has 1 amide bonds. The second-order valence-electron chi connectivity index (χ2n) is 5.72. The molecule has 0 aliphatic rings.